The van der Waals surface area contributed by atoms with Crippen LogP contribution < -0.4 is 0 Å². The van der Waals surface area contributed by atoms with Gasteiger partial charge < -0.3 is 4.74 Å². The highest BCUT2D eigenvalue weighted by molar-refractivity contribution is 4.60. The summed E-state index contributed by atoms with van der Waals surface area (Å²) in [5.74, 6) is 0. The van der Waals surface area contributed by atoms with Crippen LogP contribution in [0, 0.1) is 10.1 Å². The van der Waals surface area contributed by atoms with E-state index < -0.39 is 0 Å². The standard InChI is InChI=1S/C7H14N2O3/c10-9(11)3-1-2-8-4-6-12-7-5-8/h1-7H2. The first-order chi connectivity index (χ1) is 5.79. The molecule has 1 aliphatic rings. The zero-order valence-electron chi connectivity index (χ0n) is 7.07. The maximum absolute atomic E-state index is 10.0. The third-order valence-electron chi connectivity index (χ3n) is 1.92. The van der Waals surface area contributed by atoms with E-state index >= 15 is 0 Å². The van der Waals surface area contributed by atoms with Gasteiger partial charge in [0.2, 0.25) is 6.54 Å². The normalized spacial score (nSPS) is 19.3. The molecule has 0 radical (unpaired) electrons. The van der Waals surface area contributed by atoms with Gasteiger partial charge in [-0.2, -0.15) is 0 Å². The Kier molecular flexibility index (Phi) is 3.96. The molecule has 5 nitrogen and oxygen atoms in total. The Morgan fingerprint density at radius 1 is 1.42 bits per heavy atom. The van der Waals surface area contributed by atoms with Crippen molar-refractivity contribution < 1.29 is 9.66 Å². The Morgan fingerprint density at radius 2 is 2.08 bits per heavy atom. The molecule has 12 heavy (non-hydrogen) atoms. The van der Waals surface area contributed by atoms with Crippen LogP contribution in [0.2, 0.25) is 0 Å². The van der Waals surface area contributed by atoms with Crippen LogP contribution in [0.25, 0.3) is 0 Å². The van der Waals surface area contributed by atoms with E-state index in [9.17, 15) is 10.1 Å². The highest BCUT2D eigenvalue weighted by atomic mass is 16.6. The van der Waals surface area contributed by atoms with Gasteiger partial charge in [0.05, 0.1) is 13.2 Å². The van der Waals surface area contributed by atoms with Crippen molar-refractivity contribution in [3.63, 3.8) is 0 Å². The first kappa shape index (κ1) is 9.41. The average molecular weight is 174 g/mol. The van der Waals surface area contributed by atoms with Crippen molar-refractivity contribution in [1.82, 2.24) is 4.90 Å². The molecule has 0 aromatic rings. The third kappa shape index (κ3) is 3.64. The maximum Gasteiger partial charge on any atom is 0.205 e. The van der Waals surface area contributed by atoms with Gasteiger partial charge in [-0.25, -0.2) is 0 Å². The van der Waals surface area contributed by atoms with Gasteiger partial charge in [0.1, 0.15) is 0 Å². The minimum Gasteiger partial charge on any atom is -0.379 e. The fourth-order valence-corrected chi connectivity index (χ4v) is 1.25. The second kappa shape index (κ2) is 5.05. The molecule has 0 aromatic carbocycles. The Morgan fingerprint density at radius 3 is 2.67 bits per heavy atom. The molecule has 0 aliphatic carbocycles. The number of ether oxygens (including phenoxy) is 1. The second-order valence-corrected chi connectivity index (χ2v) is 2.86. The van der Waals surface area contributed by atoms with Crippen molar-refractivity contribution in [3.8, 4) is 0 Å². The Hall–Kier alpha value is -0.680. The average Bonchev–Trinajstić information content (AvgIpc) is 2.05. The summed E-state index contributed by atoms with van der Waals surface area (Å²) in [5.41, 5.74) is 0. The summed E-state index contributed by atoms with van der Waals surface area (Å²) in [7, 11) is 0. The molecule has 0 spiro atoms. The number of morpholine rings is 1. The Balaban J connectivity index is 2.01. The minimum absolute atomic E-state index is 0.0807. The van der Waals surface area contributed by atoms with Crippen LogP contribution in [0.15, 0.2) is 0 Å². The molecule has 70 valence electrons. The maximum atomic E-state index is 10.0. The predicted octanol–water partition coefficient (Wildman–Crippen LogP) is -0.0146. The molecule has 0 saturated carbocycles. The summed E-state index contributed by atoms with van der Waals surface area (Å²) in [6, 6.07) is 0. The van der Waals surface area contributed by atoms with E-state index in [0.29, 0.717) is 6.42 Å². The minimum atomic E-state index is -0.263. The molecule has 1 rings (SSSR count). The molecule has 1 fully saturated rings. The number of hydrogen-bond donors (Lipinski definition) is 0. The Bertz CT molecular complexity index is 146. The lowest BCUT2D eigenvalue weighted by atomic mass is 10.3. The van der Waals surface area contributed by atoms with E-state index in [1.807, 2.05) is 0 Å². The van der Waals surface area contributed by atoms with Crippen LogP contribution in [0.4, 0.5) is 0 Å². The predicted molar refractivity (Wildman–Crippen MR) is 43.7 cm³/mol. The molecule has 1 saturated heterocycles. The first-order valence-corrected chi connectivity index (χ1v) is 4.21. The van der Waals surface area contributed by atoms with Gasteiger partial charge in [0.15, 0.2) is 0 Å². The highest BCUT2D eigenvalue weighted by Crippen LogP contribution is 1.97. The molecule has 5 heteroatoms. The summed E-state index contributed by atoms with van der Waals surface area (Å²) < 4.78 is 5.15. The fourth-order valence-electron chi connectivity index (χ4n) is 1.25. The van der Waals surface area contributed by atoms with Gasteiger partial charge in [-0.05, 0) is 0 Å². The van der Waals surface area contributed by atoms with E-state index in [1.54, 1.807) is 0 Å². The number of hydrogen-bond acceptors (Lipinski definition) is 4. The van der Waals surface area contributed by atoms with E-state index in [-0.39, 0.29) is 11.5 Å². The van der Waals surface area contributed by atoms with E-state index in [4.69, 9.17) is 4.74 Å². The topological polar surface area (TPSA) is 55.6 Å². The lowest BCUT2D eigenvalue weighted by Gasteiger charge is -2.25. The monoisotopic (exact) mass is 174 g/mol. The summed E-state index contributed by atoms with van der Waals surface area (Å²) in [6.07, 6.45) is 0.646. The van der Waals surface area contributed by atoms with Crippen molar-refractivity contribution in [1.29, 1.82) is 0 Å². The Labute approximate surface area is 71.4 Å². The van der Waals surface area contributed by atoms with Crippen molar-refractivity contribution >= 4 is 0 Å². The molecule has 0 N–H and O–H groups in total. The van der Waals surface area contributed by atoms with E-state index in [2.05, 4.69) is 4.90 Å². The molecular formula is C7H14N2O3. The fraction of sp³-hybridized carbons (Fsp3) is 1.00. The SMILES string of the molecule is O=[N+]([O-])CCCN1CCOCC1. The first-order valence-electron chi connectivity index (χ1n) is 4.21. The summed E-state index contributed by atoms with van der Waals surface area (Å²) in [5, 5.41) is 10.0. The molecule has 0 unspecified atom stereocenters. The van der Waals surface area contributed by atoms with Gasteiger partial charge >= 0.3 is 0 Å². The summed E-state index contributed by atoms with van der Waals surface area (Å²) in [4.78, 5) is 11.9. The number of rotatable bonds is 4. The van der Waals surface area contributed by atoms with Crippen LogP contribution in [-0.2, 0) is 4.74 Å². The van der Waals surface area contributed by atoms with Crippen LogP contribution in [-0.4, -0.2) is 49.2 Å². The van der Waals surface area contributed by atoms with Crippen LogP contribution in [0.1, 0.15) is 6.42 Å². The quantitative estimate of drug-likeness (QED) is 0.444. The van der Waals surface area contributed by atoms with E-state index in [0.717, 1.165) is 32.8 Å². The highest BCUT2D eigenvalue weighted by Gasteiger charge is 2.10. The number of nitro groups is 1. The van der Waals surface area contributed by atoms with Crippen molar-refractivity contribution in [2.75, 3.05) is 39.4 Å². The molecule has 1 aliphatic heterocycles. The van der Waals surface area contributed by atoms with Gasteiger partial charge in [0.25, 0.3) is 0 Å². The number of nitrogens with zero attached hydrogens (tertiary/aromatic N) is 2. The molecular weight excluding hydrogens is 160 g/mol. The third-order valence-corrected chi connectivity index (χ3v) is 1.92. The lowest BCUT2D eigenvalue weighted by molar-refractivity contribution is -0.480. The van der Waals surface area contributed by atoms with E-state index in [1.165, 1.54) is 0 Å². The lowest BCUT2D eigenvalue weighted by Crippen LogP contribution is -2.37. The molecule has 0 bridgehead atoms. The molecule has 1 heterocycles. The largest absolute Gasteiger partial charge is 0.379 e. The summed E-state index contributed by atoms with van der Waals surface area (Å²) >= 11 is 0. The van der Waals surface area contributed by atoms with Gasteiger partial charge in [0, 0.05) is 31.0 Å². The second-order valence-electron chi connectivity index (χ2n) is 2.86. The van der Waals surface area contributed by atoms with Crippen molar-refractivity contribution in [3.05, 3.63) is 10.1 Å². The zero-order chi connectivity index (χ0) is 8.81. The molecule has 0 aromatic heterocycles. The van der Waals surface area contributed by atoms with Crippen LogP contribution >= 0.6 is 0 Å². The van der Waals surface area contributed by atoms with Gasteiger partial charge in [-0.3, -0.25) is 15.0 Å². The molecule has 0 atom stereocenters. The van der Waals surface area contributed by atoms with Crippen molar-refractivity contribution in [2.24, 2.45) is 0 Å². The smallest absolute Gasteiger partial charge is 0.205 e. The zero-order valence-corrected chi connectivity index (χ0v) is 7.07. The van der Waals surface area contributed by atoms with Crippen molar-refractivity contribution in [2.45, 2.75) is 6.42 Å². The van der Waals surface area contributed by atoms with Gasteiger partial charge in [-0.15, -0.1) is 0 Å². The van der Waals surface area contributed by atoms with Gasteiger partial charge in [-0.1, -0.05) is 0 Å². The molecule has 0 amide bonds. The van der Waals surface area contributed by atoms with Crippen LogP contribution in [0.3, 0.4) is 0 Å². The van der Waals surface area contributed by atoms with Crippen LogP contribution in [0.5, 0.6) is 0 Å². The summed E-state index contributed by atoms with van der Waals surface area (Å²) in [6.45, 7) is 4.26.